The molecule has 0 spiro atoms. The lowest BCUT2D eigenvalue weighted by Gasteiger charge is -2.25. The van der Waals surface area contributed by atoms with E-state index >= 15 is 0 Å². The lowest BCUT2D eigenvalue weighted by Crippen LogP contribution is -2.14. The van der Waals surface area contributed by atoms with Crippen LogP contribution in [0, 0.1) is 0 Å². The van der Waals surface area contributed by atoms with Crippen LogP contribution in [0.1, 0.15) is 58.7 Å². The number of aromatic nitrogens is 4. The number of carbonyl (C=O) groups is 2. The fraction of sp³-hybridized carbons (Fsp3) is 0.308. The Balaban J connectivity index is 1.09. The highest BCUT2D eigenvalue weighted by atomic mass is 32.1. The van der Waals surface area contributed by atoms with Crippen LogP contribution in [-0.4, -0.2) is 32.2 Å². The molecule has 1 saturated carbocycles. The van der Waals surface area contributed by atoms with E-state index in [9.17, 15) is 9.59 Å². The Bertz CT molecular complexity index is 1200. The van der Waals surface area contributed by atoms with Crippen molar-refractivity contribution in [3.05, 3.63) is 81.8 Å². The van der Waals surface area contributed by atoms with Gasteiger partial charge in [0.05, 0.1) is 12.8 Å². The average molecular weight is 519 g/mol. The first-order valence-electron chi connectivity index (χ1n) is 12.0. The van der Waals surface area contributed by atoms with E-state index in [2.05, 4.69) is 31.0 Å². The Morgan fingerprint density at radius 3 is 1.42 bits per heavy atom. The highest BCUT2D eigenvalue weighted by Crippen LogP contribution is 2.42. The second-order valence-electron chi connectivity index (χ2n) is 8.86. The molecule has 5 rings (SSSR count). The molecule has 2 aromatic heterocycles. The van der Waals surface area contributed by atoms with Gasteiger partial charge in [-0.05, 0) is 36.8 Å². The normalized spacial score (nSPS) is 17.4. The maximum Gasteiger partial charge on any atom is 0.230 e. The third-order valence-corrected chi connectivity index (χ3v) is 8.22. The summed E-state index contributed by atoms with van der Waals surface area (Å²) in [6.07, 6.45) is 4.55. The van der Waals surface area contributed by atoms with Crippen LogP contribution < -0.4 is 10.6 Å². The largest absolute Gasteiger partial charge is 0.300 e. The van der Waals surface area contributed by atoms with Crippen molar-refractivity contribution in [1.82, 2.24) is 20.4 Å². The van der Waals surface area contributed by atoms with Crippen LogP contribution in [-0.2, 0) is 22.4 Å². The Kier molecular flexibility index (Phi) is 7.73. The van der Waals surface area contributed by atoms with Crippen molar-refractivity contribution in [3.63, 3.8) is 0 Å². The van der Waals surface area contributed by atoms with Crippen LogP contribution in [0.4, 0.5) is 10.3 Å². The van der Waals surface area contributed by atoms with Crippen LogP contribution in [0.15, 0.2) is 60.7 Å². The van der Waals surface area contributed by atoms with E-state index in [0.717, 1.165) is 46.8 Å². The molecule has 8 nitrogen and oxygen atoms in total. The number of rotatable bonds is 8. The molecule has 4 aromatic rings. The summed E-state index contributed by atoms with van der Waals surface area (Å²) in [4.78, 5) is 24.6. The first-order valence-corrected chi connectivity index (χ1v) is 13.6. The van der Waals surface area contributed by atoms with E-state index in [4.69, 9.17) is 0 Å². The van der Waals surface area contributed by atoms with Gasteiger partial charge in [0.2, 0.25) is 22.1 Å². The van der Waals surface area contributed by atoms with Gasteiger partial charge in [0.25, 0.3) is 0 Å². The van der Waals surface area contributed by atoms with E-state index in [1.165, 1.54) is 22.7 Å². The van der Waals surface area contributed by atoms with Crippen LogP contribution in [0.3, 0.4) is 0 Å². The molecular formula is C26H26N6O2S2. The number of benzene rings is 2. The second kappa shape index (κ2) is 11.5. The van der Waals surface area contributed by atoms with Crippen molar-refractivity contribution < 1.29 is 9.59 Å². The highest BCUT2D eigenvalue weighted by molar-refractivity contribution is 7.15. The Morgan fingerprint density at radius 2 is 1.03 bits per heavy atom. The minimum absolute atomic E-state index is 0.0875. The minimum Gasteiger partial charge on any atom is -0.300 e. The number of hydrogen-bond acceptors (Lipinski definition) is 8. The smallest absolute Gasteiger partial charge is 0.230 e. The summed E-state index contributed by atoms with van der Waals surface area (Å²) in [6, 6.07) is 19.3. The standard InChI is InChI=1S/C26H26N6O2S2/c33-21(15-17-7-3-1-4-8-17)27-25-31-29-23(35-25)19-11-13-20(14-12-19)24-30-32-26(36-24)28-22(34)16-18-9-5-2-6-10-18/h1-10,19-20H,11-16H2,(H,27,31,33)(H,28,32,34). The molecule has 2 N–H and O–H groups in total. The molecule has 36 heavy (non-hydrogen) atoms. The van der Waals surface area contributed by atoms with E-state index in [0.29, 0.717) is 34.9 Å². The summed E-state index contributed by atoms with van der Waals surface area (Å²) in [6.45, 7) is 0. The van der Waals surface area contributed by atoms with E-state index in [1.807, 2.05) is 60.7 Å². The quantitative estimate of drug-likeness (QED) is 0.332. The molecule has 1 fully saturated rings. The zero-order valence-corrected chi connectivity index (χ0v) is 21.2. The van der Waals surface area contributed by atoms with Crippen molar-refractivity contribution in [2.75, 3.05) is 10.6 Å². The third kappa shape index (κ3) is 6.38. The average Bonchev–Trinajstić information content (AvgIpc) is 3.55. The van der Waals surface area contributed by atoms with Gasteiger partial charge in [-0.2, -0.15) is 0 Å². The van der Waals surface area contributed by atoms with Crippen molar-refractivity contribution in [3.8, 4) is 0 Å². The summed E-state index contributed by atoms with van der Waals surface area (Å²) in [7, 11) is 0. The number of hydrogen-bond donors (Lipinski definition) is 2. The molecule has 0 aliphatic heterocycles. The fourth-order valence-corrected chi connectivity index (χ4v) is 6.23. The van der Waals surface area contributed by atoms with E-state index in [-0.39, 0.29) is 11.8 Å². The fourth-order valence-electron chi connectivity index (χ4n) is 4.38. The molecule has 2 amide bonds. The number of anilines is 2. The molecule has 2 aromatic carbocycles. The predicted octanol–water partition coefficient (Wildman–Crippen LogP) is 5.19. The maximum atomic E-state index is 12.3. The summed E-state index contributed by atoms with van der Waals surface area (Å²) in [5.41, 5.74) is 1.93. The molecule has 0 atom stereocenters. The Labute approximate surface area is 217 Å². The van der Waals surface area contributed by atoms with Gasteiger partial charge in [-0.25, -0.2) is 0 Å². The van der Waals surface area contributed by atoms with Gasteiger partial charge in [0.15, 0.2) is 0 Å². The number of nitrogens with one attached hydrogen (secondary N) is 2. The van der Waals surface area contributed by atoms with Crippen LogP contribution in [0.5, 0.6) is 0 Å². The first kappa shape index (κ1) is 24.2. The lowest BCUT2D eigenvalue weighted by molar-refractivity contribution is -0.116. The topological polar surface area (TPSA) is 110 Å². The number of nitrogens with zero attached hydrogens (tertiary/aromatic N) is 4. The van der Waals surface area contributed by atoms with Crippen molar-refractivity contribution in [2.24, 2.45) is 0 Å². The molecule has 0 radical (unpaired) electrons. The van der Waals surface area contributed by atoms with E-state index in [1.54, 1.807) is 0 Å². The van der Waals surface area contributed by atoms with Gasteiger partial charge in [-0.15, -0.1) is 20.4 Å². The molecule has 0 bridgehead atoms. The van der Waals surface area contributed by atoms with Crippen LogP contribution >= 0.6 is 22.7 Å². The van der Waals surface area contributed by atoms with Crippen molar-refractivity contribution in [2.45, 2.75) is 50.4 Å². The molecule has 1 aliphatic rings. The van der Waals surface area contributed by atoms with Gasteiger partial charge in [-0.3, -0.25) is 9.59 Å². The van der Waals surface area contributed by atoms with Crippen LogP contribution in [0.2, 0.25) is 0 Å². The van der Waals surface area contributed by atoms with Crippen LogP contribution in [0.25, 0.3) is 0 Å². The second-order valence-corrected chi connectivity index (χ2v) is 10.9. The van der Waals surface area contributed by atoms with E-state index < -0.39 is 0 Å². The zero-order chi connectivity index (χ0) is 24.7. The number of amides is 2. The molecule has 2 heterocycles. The SMILES string of the molecule is O=C(Cc1ccccc1)Nc1nnc(C2CCC(c3nnc(NC(=O)Cc4ccccc4)s3)CC2)s1. The molecule has 0 saturated heterocycles. The van der Waals surface area contributed by atoms with Gasteiger partial charge in [0, 0.05) is 11.8 Å². The lowest BCUT2D eigenvalue weighted by atomic mass is 9.83. The summed E-state index contributed by atoms with van der Waals surface area (Å²) in [5.74, 6) is 0.485. The monoisotopic (exact) mass is 518 g/mol. The summed E-state index contributed by atoms with van der Waals surface area (Å²) < 4.78 is 0. The van der Waals surface area contributed by atoms with Crippen molar-refractivity contribution >= 4 is 44.8 Å². The first-order chi connectivity index (χ1) is 17.6. The van der Waals surface area contributed by atoms with Gasteiger partial charge < -0.3 is 10.6 Å². The minimum atomic E-state index is -0.0875. The molecule has 0 unspecified atom stereocenters. The summed E-state index contributed by atoms with van der Waals surface area (Å²) in [5, 5.41) is 25.9. The molecule has 10 heteroatoms. The maximum absolute atomic E-state index is 12.3. The molecule has 184 valence electrons. The number of carbonyl (C=O) groups excluding carboxylic acids is 2. The predicted molar refractivity (Wildman–Crippen MR) is 141 cm³/mol. The van der Waals surface area contributed by atoms with Gasteiger partial charge in [0.1, 0.15) is 10.0 Å². The van der Waals surface area contributed by atoms with Gasteiger partial charge in [-0.1, -0.05) is 83.3 Å². The third-order valence-electron chi connectivity index (χ3n) is 6.21. The Hall–Kier alpha value is -3.50. The Morgan fingerprint density at radius 1 is 0.639 bits per heavy atom. The molecular weight excluding hydrogens is 492 g/mol. The van der Waals surface area contributed by atoms with Crippen molar-refractivity contribution in [1.29, 1.82) is 0 Å². The zero-order valence-electron chi connectivity index (χ0n) is 19.6. The summed E-state index contributed by atoms with van der Waals surface area (Å²) >= 11 is 2.92. The highest BCUT2D eigenvalue weighted by Gasteiger charge is 2.28. The molecule has 1 aliphatic carbocycles. The van der Waals surface area contributed by atoms with Gasteiger partial charge >= 0.3 is 0 Å².